The van der Waals surface area contributed by atoms with Gasteiger partial charge in [-0.1, -0.05) is 38.2 Å². The standard InChI is InChI=1S/C14H20N2S/c1-9-6-7-12-11(8-9)16-13(17-12)15-10(2)14(3,4)5/h6-8,10H,1-5H3,(H,15,16). The Labute approximate surface area is 107 Å². The Bertz CT molecular complexity index is 522. The molecule has 3 heteroatoms. The number of nitrogens with zero attached hydrogens (tertiary/aromatic N) is 1. The molecule has 0 spiro atoms. The van der Waals surface area contributed by atoms with E-state index in [1.807, 2.05) is 0 Å². The lowest BCUT2D eigenvalue weighted by Gasteiger charge is -2.27. The van der Waals surface area contributed by atoms with Gasteiger partial charge in [-0.25, -0.2) is 4.98 Å². The molecule has 1 atom stereocenters. The average molecular weight is 248 g/mol. The molecule has 0 amide bonds. The van der Waals surface area contributed by atoms with Crippen molar-refractivity contribution in [1.29, 1.82) is 0 Å². The van der Waals surface area contributed by atoms with Gasteiger partial charge in [-0.3, -0.25) is 0 Å². The Kier molecular flexibility index (Phi) is 3.13. The second kappa shape index (κ2) is 4.30. The smallest absolute Gasteiger partial charge is 0.184 e. The average Bonchev–Trinajstić information content (AvgIpc) is 2.57. The summed E-state index contributed by atoms with van der Waals surface area (Å²) in [5.74, 6) is 0. The SMILES string of the molecule is Cc1ccc2sc(NC(C)C(C)(C)C)nc2c1. The number of aromatic nitrogens is 1. The number of hydrogen-bond acceptors (Lipinski definition) is 3. The third-order valence-corrected chi connectivity index (χ3v) is 4.15. The normalized spacial score (nSPS) is 13.9. The molecule has 1 heterocycles. The first-order valence-corrected chi connectivity index (χ1v) is 6.81. The molecule has 0 saturated heterocycles. The number of thiazole rings is 1. The fourth-order valence-corrected chi connectivity index (χ4v) is 2.43. The summed E-state index contributed by atoms with van der Waals surface area (Å²) < 4.78 is 1.25. The number of hydrogen-bond donors (Lipinski definition) is 1. The molecule has 0 radical (unpaired) electrons. The highest BCUT2D eigenvalue weighted by molar-refractivity contribution is 7.22. The van der Waals surface area contributed by atoms with Crippen LogP contribution in [-0.4, -0.2) is 11.0 Å². The topological polar surface area (TPSA) is 24.9 Å². The summed E-state index contributed by atoms with van der Waals surface area (Å²) in [6, 6.07) is 6.83. The lowest BCUT2D eigenvalue weighted by Crippen LogP contribution is -2.30. The molecule has 1 N–H and O–H groups in total. The van der Waals surface area contributed by atoms with Gasteiger partial charge in [0.05, 0.1) is 10.2 Å². The molecular weight excluding hydrogens is 228 g/mol. The van der Waals surface area contributed by atoms with Crippen LogP contribution >= 0.6 is 11.3 Å². The van der Waals surface area contributed by atoms with Crippen LogP contribution in [0.2, 0.25) is 0 Å². The summed E-state index contributed by atoms with van der Waals surface area (Å²) in [5, 5.41) is 4.52. The molecule has 2 nitrogen and oxygen atoms in total. The van der Waals surface area contributed by atoms with Crippen LogP contribution in [-0.2, 0) is 0 Å². The van der Waals surface area contributed by atoms with E-state index < -0.39 is 0 Å². The summed E-state index contributed by atoms with van der Waals surface area (Å²) in [6.07, 6.45) is 0. The predicted octanol–water partition coefficient (Wildman–Crippen LogP) is 4.45. The number of aryl methyl sites for hydroxylation is 1. The van der Waals surface area contributed by atoms with Crippen molar-refractivity contribution in [3.8, 4) is 0 Å². The van der Waals surface area contributed by atoms with Gasteiger partial charge in [-0.2, -0.15) is 0 Å². The van der Waals surface area contributed by atoms with Crippen LogP contribution in [0.15, 0.2) is 18.2 Å². The third-order valence-electron chi connectivity index (χ3n) is 3.18. The van der Waals surface area contributed by atoms with Crippen molar-refractivity contribution in [2.75, 3.05) is 5.32 Å². The highest BCUT2D eigenvalue weighted by Crippen LogP contribution is 2.29. The molecule has 2 rings (SSSR count). The summed E-state index contributed by atoms with van der Waals surface area (Å²) >= 11 is 1.73. The van der Waals surface area contributed by atoms with E-state index in [4.69, 9.17) is 0 Å². The first-order chi connectivity index (χ1) is 7.86. The van der Waals surface area contributed by atoms with Crippen molar-refractivity contribution >= 4 is 26.7 Å². The van der Waals surface area contributed by atoms with Gasteiger partial charge in [0.25, 0.3) is 0 Å². The molecule has 0 bridgehead atoms. The summed E-state index contributed by atoms with van der Waals surface area (Å²) in [4.78, 5) is 4.63. The molecule has 1 unspecified atom stereocenters. The van der Waals surface area contributed by atoms with E-state index in [0.29, 0.717) is 6.04 Å². The van der Waals surface area contributed by atoms with Gasteiger partial charge in [-0.15, -0.1) is 0 Å². The highest BCUT2D eigenvalue weighted by atomic mass is 32.1. The van der Waals surface area contributed by atoms with E-state index in [0.717, 1.165) is 10.6 Å². The molecule has 17 heavy (non-hydrogen) atoms. The zero-order valence-corrected chi connectivity index (χ0v) is 12.0. The Morgan fingerprint density at radius 3 is 2.65 bits per heavy atom. The van der Waals surface area contributed by atoms with Crippen molar-refractivity contribution < 1.29 is 0 Å². The molecular formula is C14H20N2S. The van der Waals surface area contributed by atoms with Crippen LogP contribution in [0.3, 0.4) is 0 Å². The number of fused-ring (bicyclic) bond motifs is 1. The summed E-state index contributed by atoms with van der Waals surface area (Å²) in [7, 11) is 0. The first kappa shape index (κ1) is 12.4. The van der Waals surface area contributed by atoms with Crippen molar-refractivity contribution in [2.45, 2.75) is 40.7 Å². The quantitative estimate of drug-likeness (QED) is 0.849. The van der Waals surface area contributed by atoms with Crippen molar-refractivity contribution in [1.82, 2.24) is 4.98 Å². The zero-order chi connectivity index (χ0) is 12.6. The maximum atomic E-state index is 4.63. The number of nitrogens with one attached hydrogen (secondary N) is 1. The Hall–Kier alpha value is -1.09. The molecule has 0 fully saturated rings. The molecule has 1 aromatic heterocycles. The van der Waals surface area contributed by atoms with Gasteiger partial charge in [0, 0.05) is 6.04 Å². The van der Waals surface area contributed by atoms with Crippen LogP contribution in [0.1, 0.15) is 33.3 Å². The summed E-state index contributed by atoms with van der Waals surface area (Å²) in [6.45, 7) is 11.0. The fraction of sp³-hybridized carbons (Fsp3) is 0.500. The van der Waals surface area contributed by atoms with Crippen LogP contribution in [0.5, 0.6) is 0 Å². The van der Waals surface area contributed by atoms with Gasteiger partial charge in [0.15, 0.2) is 5.13 Å². The number of rotatable bonds is 2. The van der Waals surface area contributed by atoms with Crippen LogP contribution in [0.4, 0.5) is 5.13 Å². The van der Waals surface area contributed by atoms with E-state index in [1.165, 1.54) is 10.3 Å². The highest BCUT2D eigenvalue weighted by Gasteiger charge is 2.20. The van der Waals surface area contributed by atoms with E-state index in [1.54, 1.807) is 11.3 Å². The van der Waals surface area contributed by atoms with Crippen molar-refractivity contribution in [2.24, 2.45) is 5.41 Å². The monoisotopic (exact) mass is 248 g/mol. The lowest BCUT2D eigenvalue weighted by atomic mass is 9.88. The van der Waals surface area contributed by atoms with Crippen molar-refractivity contribution in [3.63, 3.8) is 0 Å². The molecule has 0 aliphatic heterocycles. The second-order valence-electron chi connectivity index (χ2n) is 5.72. The van der Waals surface area contributed by atoms with Crippen molar-refractivity contribution in [3.05, 3.63) is 23.8 Å². The van der Waals surface area contributed by atoms with E-state index in [9.17, 15) is 0 Å². The van der Waals surface area contributed by atoms with Gasteiger partial charge >= 0.3 is 0 Å². The fourth-order valence-electron chi connectivity index (χ4n) is 1.50. The van der Waals surface area contributed by atoms with Gasteiger partial charge < -0.3 is 5.32 Å². The minimum absolute atomic E-state index is 0.244. The Morgan fingerprint density at radius 2 is 2.00 bits per heavy atom. The number of anilines is 1. The maximum Gasteiger partial charge on any atom is 0.184 e. The second-order valence-corrected chi connectivity index (χ2v) is 6.75. The van der Waals surface area contributed by atoms with Crippen LogP contribution in [0.25, 0.3) is 10.2 Å². The largest absolute Gasteiger partial charge is 0.359 e. The van der Waals surface area contributed by atoms with Gasteiger partial charge in [0.2, 0.25) is 0 Å². The van der Waals surface area contributed by atoms with Gasteiger partial charge in [-0.05, 0) is 37.0 Å². The Balaban J connectivity index is 2.25. The third kappa shape index (κ3) is 2.78. The maximum absolute atomic E-state index is 4.63. The molecule has 2 aromatic rings. The number of benzene rings is 1. The predicted molar refractivity (Wildman–Crippen MR) is 76.9 cm³/mol. The first-order valence-electron chi connectivity index (χ1n) is 6.00. The van der Waals surface area contributed by atoms with Crippen LogP contribution in [0, 0.1) is 12.3 Å². The molecule has 0 saturated carbocycles. The van der Waals surface area contributed by atoms with E-state index in [2.05, 4.69) is 63.1 Å². The zero-order valence-electron chi connectivity index (χ0n) is 11.2. The Morgan fingerprint density at radius 1 is 1.29 bits per heavy atom. The molecule has 0 aliphatic rings. The summed E-state index contributed by atoms with van der Waals surface area (Å²) in [5.41, 5.74) is 2.60. The van der Waals surface area contributed by atoms with E-state index >= 15 is 0 Å². The van der Waals surface area contributed by atoms with Crippen LogP contribution < -0.4 is 5.32 Å². The molecule has 92 valence electrons. The molecule has 1 aromatic carbocycles. The van der Waals surface area contributed by atoms with E-state index in [-0.39, 0.29) is 5.41 Å². The minimum atomic E-state index is 0.244. The molecule has 0 aliphatic carbocycles. The van der Waals surface area contributed by atoms with Gasteiger partial charge in [0.1, 0.15) is 0 Å². The minimum Gasteiger partial charge on any atom is -0.359 e. The lowest BCUT2D eigenvalue weighted by molar-refractivity contribution is 0.359.